The molecule has 0 bridgehead atoms. The van der Waals surface area contributed by atoms with Crippen molar-refractivity contribution in [2.75, 3.05) is 5.32 Å². The SMILES string of the molecule is C[C@]1(c2cc(NC(=O)c3ccc(Cl)cn3)ccc2F)OC(N)=N[C@H](C(F)(F)F)[C@H]1F. The van der Waals surface area contributed by atoms with Crippen LogP contribution in [0.1, 0.15) is 23.0 Å². The standard InChI is InChI=1S/C18H14ClF5N4O2/c1-17(13(21)14(18(22,23)24)28-16(25)30-17)10-6-9(3-4-11(10)20)27-15(29)12-5-2-8(19)7-26-12/h2-7,13-14H,1H3,(H2,25,28)(H,27,29)/t13-,14+,17-/m1/s1. The molecule has 1 aromatic heterocycles. The summed E-state index contributed by atoms with van der Waals surface area (Å²) in [7, 11) is 0. The molecule has 1 aliphatic rings. The molecule has 0 spiro atoms. The van der Waals surface area contributed by atoms with Crippen molar-refractivity contribution >= 4 is 29.2 Å². The Hall–Kier alpha value is -2.95. The molecule has 6 nitrogen and oxygen atoms in total. The Morgan fingerprint density at radius 2 is 2.00 bits per heavy atom. The number of nitrogens with one attached hydrogen (secondary N) is 1. The lowest BCUT2D eigenvalue weighted by atomic mass is 9.85. The molecule has 3 N–H and O–H groups in total. The van der Waals surface area contributed by atoms with Gasteiger partial charge < -0.3 is 15.8 Å². The average molecular weight is 449 g/mol. The Balaban J connectivity index is 1.95. The van der Waals surface area contributed by atoms with E-state index in [-0.39, 0.29) is 11.4 Å². The Labute approximate surface area is 171 Å². The molecule has 1 aromatic carbocycles. The number of pyridine rings is 1. The van der Waals surface area contributed by atoms with Crippen LogP contribution in [0.2, 0.25) is 5.02 Å². The van der Waals surface area contributed by atoms with E-state index < -0.39 is 47.3 Å². The molecule has 0 radical (unpaired) electrons. The third kappa shape index (κ3) is 4.16. The van der Waals surface area contributed by atoms with E-state index in [1.54, 1.807) is 0 Å². The van der Waals surface area contributed by atoms with E-state index in [4.69, 9.17) is 22.1 Å². The average Bonchev–Trinajstić information content (AvgIpc) is 2.65. The van der Waals surface area contributed by atoms with E-state index in [0.717, 1.165) is 25.1 Å². The number of carbonyl (C=O) groups is 1. The van der Waals surface area contributed by atoms with Crippen LogP contribution in [0.3, 0.4) is 0 Å². The molecule has 0 saturated carbocycles. The summed E-state index contributed by atoms with van der Waals surface area (Å²) in [4.78, 5) is 19.1. The van der Waals surface area contributed by atoms with Crippen molar-refractivity contribution in [2.24, 2.45) is 10.7 Å². The van der Waals surface area contributed by atoms with Crippen LogP contribution in [0.5, 0.6) is 0 Å². The first-order valence-corrected chi connectivity index (χ1v) is 8.75. The molecule has 1 amide bonds. The molecule has 3 atom stereocenters. The van der Waals surface area contributed by atoms with Crippen LogP contribution < -0.4 is 11.1 Å². The van der Waals surface area contributed by atoms with Gasteiger partial charge in [-0.15, -0.1) is 0 Å². The van der Waals surface area contributed by atoms with Crippen LogP contribution >= 0.6 is 11.6 Å². The molecule has 2 aromatic rings. The minimum atomic E-state index is -5.07. The number of nitrogens with zero attached hydrogens (tertiary/aromatic N) is 2. The normalized spacial score (nSPS) is 24.0. The van der Waals surface area contributed by atoms with Gasteiger partial charge >= 0.3 is 6.18 Å². The number of nitrogens with two attached hydrogens (primary N) is 1. The van der Waals surface area contributed by atoms with Crippen LogP contribution in [0.4, 0.5) is 27.6 Å². The van der Waals surface area contributed by atoms with Gasteiger partial charge in [0.15, 0.2) is 17.8 Å². The number of aliphatic imine (C=N–C) groups is 1. The molecule has 2 heterocycles. The van der Waals surface area contributed by atoms with Crippen LogP contribution in [-0.2, 0) is 10.3 Å². The van der Waals surface area contributed by atoms with Gasteiger partial charge in [-0.1, -0.05) is 11.6 Å². The summed E-state index contributed by atoms with van der Waals surface area (Å²) in [6.07, 6.45) is -6.64. The molecular weight excluding hydrogens is 435 g/mol. The van der Waals surface area contributed by atoms with Crippen LogP contribution in [0.25, 0.3) is 0 Å². The van der Waals surface area contributed by atoms with Gasteiger partial charge in [0.05, 0.1) is 5.02 Å². The van der Waals surface area contributed by atoms with Gasteiger partial charge in [-0.2, -0.15) is 13.2 Å². The van der Waals surface area contributed by atoms with Gasteiger partial charge in [-0.25, -0.2) is 18.8 Å². The molecule has 0 aliphatic carbocycles. The number of ether oxygens (including phenoxy) is 1. The van der Waals surface area contributed by atoms with Gasteiger partial charge in [-0.3, -0.25) is 4.79 Å². The Morgan fingerprint density at radius 3 is 2.60 bits per heavy atom. The monoisotopic (exact) mass is 448 g/mol. The van der Waals surface area contributed by atoms with Crippen molar-refractivity contribution in [1.82, 2.24) is 4.98 Å². The third-order valence-corrected chi connectivity index (χ3v) is 4.66. The number of amides is 1. The van der Waals surface area contributed by atoms with E-state index >= 15 is 0 Å². The molecule has 1 aliphatic heterocycles. The highest BCUT2D eigenvalue weighted by atomic mass is 35.5. The fourth-order valence-corrected chi connectivity index (χ4v) is 3.05. The number of anilines is 1. The number of hydrogen-bond donors (Lipinski definition) is 2. The lowest BCUT2D eigenvalue weighted by molar-refractivity contribution is -0.187. The summed E-state index contributed by atoms with van der Waals surface area (Å²) in [6.45, 7) is 0.919. The smallest absolute Gasteiger partial charge is 0.413 e. The predicted molar refractivity (Wildman–Crippen MR) is 98.4 cm³/mol. The predicted octanol–water partition coefficient (Wildman–Crippen LogP) is 3.96. The quantitative estimate of drug-likeness (QED) is 0.696. The second-order valence-electron chi connectivity index (χ2n) is 6.58. The zero-order valence-electron chi connectivity index (χ0n) is 15.2. The van der Waals surface area contributed by atoms with Crippen LogP contribution in [-0.4, -0.2) is 35.3 Å². The van der Waals surface area contributed by atoms with Crippen molar-refractivity contribution < 1.29 is 31.5 Å². The highest BCUT2D eigenvalue weighted by Gasteiger charge is 2.58. The Kier molecular flexibility index (Phi) is 5.59. The summed E-state index contributed by atoms with van der Waals surface area (Å²) >= 11 is 5.70. The van der Waals surface area contributed by atoms with Gasteiger partial charge in [-0.05, 0) is 37.3 Å². The number of hydrogen-bond acceptors (Lipinski definition) is 5. The first-order chi connectivity index (χ1) is 13.9. The van der Waals surface area contributed by atoms with E-state index in [9.17, 15) is 26.7 Å². The zero-order valence-corrected chi connectivity index (χ0v) is 15.9. The zero-order chi connectivity index (χ0) is 22.3. The van der Waals surface area contributed by atoms with Gasteiger partial charge in [0, 0.05) is 17.4 Å². The largest absolute Gasteiger partial charge is 0.451 e. The number of carbonyl (C=O) groups excluding carboxylic acids is 1. The molecule has 0 fully saturated rings. The maximum absolute atomic E-state index is 14.8. The second-order valence-corrected chi connectivity index (χ2v) is 7.01. The highest BCUT2D eigenvalue weighted by molar-refractivity contribution is 6.30. The van der Waals surface area contributed by atoms with Crippen LogP contribution in [0, 0.1) is 5.82 Å². The van der Waals surface area contributed by atoms with Crippen molar-refractivity contribution in [3.05, 3.63) is 58.6 Å². The summed E-state index contributed by atoms with van der Waals surface area (Å²) in [5.41, 5.74) is 2.22. The molecular formula is C18H14ClF5N4O2. The van der Waals surface area contributed by atoms with E-state index in [2.05, 4.69) is 15.3 Å². The lowest BCUT2D eigenvalue weighted by Crippen LogP contribution is -2.55. The van der Waals surface area contributed by atoms with Crippen molar-refractivity contribution in [1.29, 1.82) is 0 Å². The van der Waals surface area contributed by atoms with Crippen molar-refractivity contribution in [3.8, 4) is 0 Å². The van der Waals surface area contributed by atoms with Crippen molar-refractivity contribution in [2.45, 2.75) is 30.9 Å². The number of aromatic nitrogens is 1. The first kappa shape index (κ1) is 21.8. The second kappa shape index (κ2) is 7.71. The maximum atomic E-state index is 14.8. The molecule has 160 valence electrons. The fourth-order valence-electron chi connectivity index (χ4n) is 2.93. The van der Waals surface area contributed by atoms with Crippen molar-refractivity contribution in [3.63, 3.8) is 0 Å². The number of benzene rings is 1. The highest BCUT2D eigenvalue weighted by Crippen LogP contribution is 2.43. The molecule has 12 heteroatoms. The molecule has 30 heavy (non-hydrogen) atoms. The summed E-state index contributed by atoms with van der Waals surface area (Å²) in [5.74, 6) is -1.76. The van der Waals surface area contributed by atoms with Gasteiger partial charge in [0.25, 0.3) is 11.9 Å². The molecule has 0 unspecified atom stereocenters. The first-order valence-electron chi connectivity index (χ1n) is 8.38. The van der Waals surface area contributed by atoms with Gasteiger partial charge in [0.2, 0.25) is 0 Å². The molecule has 3 rings (SSSR count). The summed E-state index contributed by atoms with van der Waals surface area (Å²) < 4.78 is 73.8. The molecule has 0 saturated heterocycles. The maximum Gasteiger partial charge on any atom is 0.413 e. The van der Waals surface area contributed by atoms with Gasteiger partial charge in [0.1, 0.15) is 11.5 Å². The summed E-state index contributed by atoms with van der Waals surface area (Å²) in [5, 5.41) is 2.69. The number of rotatable bonds is 3. The number of alkyl halides is 4. The number of amidine groups is 1. The topological polar surface area (TPSA) is 89.6 Å². The van der Waals surface area contributed by atoms with Crippen LogP contribution in [0.15, 0.2) is 41.5 Å². The van der Waals surface area contributed by atoms with E-state index in [0.29, 0.717) is 5.02 Å². The fraction of sp³-hybridized carbons (Fsp3) is 0.278. The summed E-state index contributed by atoms with van der Waals surface area (Å²) in [6, 6.07) is 1.93. The number of halogens is 6. The lowest BCUT2D eigenvalue weighted by Gasteiger charge is -2.40. The minimum absolute atomic E-state index is 0.0257. The Bertz CT molecular complexity index is 999. The minimum Gasteiger partial charge on any atom is -0.451 e. The third-order valence-electron chi connectivity index (χ3n) is 4.44. The van der Waals surface area contributed by atoms with E-state index in [1.165, 1.54) is 18.3 Å². The van der Waals surface area contributed by atoms with E-state index in [1.807, 2.05) is 0 Å². The Morgan fingerprint density at radius 1 is 1.30 bits per heavy atom.